The van der Waals surface area contributed by atoms with Crippen molar-refractivity contribution in [2.24, 2.45) is 0 Å². The molecule has 8 heteroatoms. The van der Waals surface area contributed by atoms with Gasteiger partial charge in [0.2, 0.25) is 13.6 Å². The van der Waals surface area contributed by atoms with Gasteiger partial charge in [-0.25, -0.2) is 14.4 Å². The van der Waals surface area contributed by atoms with E-state index in [4.69, 9.17) is 23.7 Å². The SMILES string of the molecule is C=CC(=O)OCOc1ccc(CCOC(=O)c2ccc(-c3ccc(OCOC(=O)C=C)cc3)cc2)cc1. The lowest BCUT2D eigenvalue weighted by molar-refractivity contribution is -0.145. The van der Waals surface area contributed by atoms with Gasteiger partial charge in [-0.05, 0) is 53.1 Å². The van der Waals surface area contributed by atoms with Crippen LogP contribution in [0.3, 0.4) is 0 Å². The lowest BCUT2D eigenvalue weighted by Crippen LogP contribution is -2.08. The minimum atomic E-state index is -0.556. The van der Waals surface area contributed by atoms with Gasteiger partial charge in [-0.2, -0.15) is 0 Å². The van der Waals surface area contributed by atoms with Gasteiger partial charge in [0, 0.05) is 18.6 Å². The molecule has 3 rings (SSSR count). The van der Waals surface area contributed by atoms with E-state index in [-0.39, 0.29) is 20.2 Å². The molecule has 0 unspecified atom stereocenters. The first kappa shape index (κ1) is 26.7. The van der Waals surface area contributed by atoms with Crippen molar-refractivity contribution in [1.29, 1.82) is 0 Å². The number of ether oxygens (including phenoxy) is 5. The third-order valence-corrected chi connectivity index (χ3v) is 5.04. The van der Waals surface area contributed by atoms with Gasteiger partial charge >= 0.3 is 17.9 Å². The summed E-state index contributed by atoms with van der Waals surface area (Å²) in [4.78, 5) is 34.4. The molecule has 0 saturated heterocycles. The average Bonchev–Trinajstić information content (AvgIpc) is 2.94. The first-order valence-corrected chi connectivity index (χ1v) is 11.3. The molecular formula is C29H26O8. The fraction of sp³-hybridized carbons (Fsp3) is 0.138. The van der Waals surface area contributed by atoms with E-state index < -0.39 is 17.9 Å². The topological polar surface area (TPSA) is 97.4 Å². The van der Waals surface area contributed by atoms with Crippen LogP contribution in [0, 0.1) is 0 Å². The first-order chi connectivity index (χ1) is 18.0. The molecule has 0 spiro atoms. The minimum absolute atomic E-state index is 0.199. The average molecular weight is 503 g/mol. The first-order valence-electron chi connectivity index (χ1n) is 11.3. The smallest absolute Gasteiger partial charge is 0.338 e. The maximum atomic E-state index is 12.4. The summed E-state index contributed by atoms with van der Waals surface area (Å²) in [5.74, 6) is -0.417. The maximum absolute atomic E-state index is 12.4. The lowest BCUT2D eigenvalue weighted by Gasteiger charge is -2.09. The highest BCUT2D eigenvalue weighted by Gasteiger charge is 2.08. The molecule has 0 fully saturated rings. The van der Waals surface area contributed by atoms with Crippen molar-refractivity contribution >= 4 is 17.9 Å². The molecule has 0 aromatic heterocycles. The van der Waals surface area contributed by atoms with E-state index >= 15 is 0 Å². The molecule has 0 N–H and O–H groups in total. The van der Waals surface area contributed by atoms with E-state index in [0.717, 1.165) is 28.8 Å². The highest BCUT2D eigenvalue weighted by Crippen LogP contribution is 2.23. The molecular weight excluding hydrogens is 476 g/mol. The molecule has 0 aliphatic heterocycles. The van der Waals surface area contributed by atoms with E-state index in [1.165, 1.54) is 0 Å². The van der Waals surface area contributed by atoms with E-state index in [2.05, 4.69) is 13.2 Å². The van der Waals surface area contributed by atoms with E-state index in [1.54, 1.807) is 36.4 Å². The Labute approximate surface area is 214 Å². The Morgan fingerprint density at radius 3 is 1.57 bits per heavy atom. The van der Waals surface area contributed by atoms with Gasteiger partial charge in [-0.1, -0.05) is 49.6 Å². The number of rotatable bonds is 13. The quantitative estimate of drug-likeness (QED) is 0.141. The summed E-state index contributed by atoms with van der Waals surface area (Å²) in [5.41, 5.74) is 3.26. The van der Waals surface area contributed by atoms with Gasteiger partial charge in [-0.3, -0.25) is 0 Å². The lowest BCUT2D eigenvalue weighted by atomic mass is 10.0. The van der Waals surface area contributed by atoms with Crippen LogP contribution >= 0.6 is 0 Å². The van der Waals surface area contributed by atoms with Crippen LogP contribution in [0.4, 0.5) is 0 Å². The molecule has 0 amide bonds. The van der Waals surface area contributed by atoms with Crippen molar-refractivity contribution in [1.82, 2.24) is 0 Å². The Balaban J connectivity index is 1.43. The van der Waals surface area contributed by atoms with Gasteiger partial charge < -0.3 is 23.7 Å². The summed E-state index contributed by atoms with van der Waals surface area (Å²) in [6.45, 7) is 6.45. The van der Waals surface area contributed by atoms with Crippen LogP contribution in [0.25, 0.3) is 11.1 Å². The minimum Gasteiger partial charge on any atom is -0.462 e. The van der Waals surface area contributed by atoms with Crippen molar-refractivity contribution in [3.05, 3.63) is 109 Å². The van der Waals surface area contributed by atoms with Crippen LogP contribution in [0.2, 0.25) is 0 Å². The highest BCUT2D eigenvalue weighted by molar-refractivity contribution is 5.90. The van der Waals surface area contributed by atoms with Crippen LogP contribution in [-0.2, 0) is 30.2 Å². The van der Waals surface area contributed by atoms with Gasteiger partial charge in [0.15, 0.2) is 0 Å². The van der Waals surface area contributed by atoms with Crippen LogP contribution in [0.1, 0.15) is 15.9 Å². The summed E-state index contributed by atoms with van der Waals surface area (Å²) in [5, 5.41) is 0. The fourth-order valence-electron chi connectivity index (χ4n) is 3.07. The second-order valence-electron chi connectivity index (χ2n) is 7.49. The Bertz CT molecular complexity index is 1210. The third-order valence-electron chi connectivity index (χ3n) is 5.04. The van der Waals surface area contributed by atoms with Crippen molar-refractivity contribution in [3.8, 4) is 22.6 Å². The van der Waals surface area contributed by atoms with Crippen molar-refractivity contribution < 1.29 is 38.1 Å². The Hall–Kier alpha value is -4.85. The Morgan fingerprint density at radius 1 is 0.622 bits per heavy atom. The highest BCUT2D eigenvalue weighted by atomic mass is 16.7. The monoisotopic (exact) mass is 502 g/mol. The summed E-state index contributed by atoms with van der Waals surface area (Å²) in [6, 6.07) is 21.5. The van der Waals surface area contributed by atoms with Crippen molar-refractivity contribution in [2.75, 3.05) is 20.2 Å². The molecule has 37 heavy (non-hydrogen) atoms. The molecule has 0 atom stereocenters. The largest absolute Gasteiger partial charge is 0.462 e. The maximum Gasteiger partial charge on any atom is 0.338 e. The van der Waals surface area contributed by atoms with E-state index in [1.807, 2.05) is 36.4 Å². The summed E-state index contributed by atoms with van der Waals surface area (Å²) in [7, 11) is 0. The van der Waals surface area contributed by atoms with Gasteiger partial charge in [0.05, 0.1) is 12.2 Å². The molecule has 0 saturated carbocycles. The van der Waals surface area contributed by atoms with E-state index in [9.17, 15) is 14.4 Å². The zero-order chi connectivity index (χ0) is 26.5. The molecule has 0 heterocycles. The zero-order valence-electron chi connectivity index (χ0n) is 20.1. The number of esters is 3. The molecule has 3 aromatic rings. The van der Waals surface area contributed by atoms with Crippen LogP contribution in [0.15, 0.2) is 98.1 Å². The molecule has 8 nitrogen and oxygen atoms in total. The standard InChI is InChI=1S/C29H26O8/c1-3-27(30)36-19-34-25-13-5-21(6-14-25)17-18-33-29(32)24-9-7-22(8-10-24)23-11-15-26(16-12-23)35-20-37-28(31)4-2/h3-16H,1-2,17-20H2. The van der Waals surface area contributed by atoms with Gasteiger partial charge in [0.1, 0.15) is 11.5 Å². The summed E-state index contributed by atoms with van der Waals surface area (Å²) < 4.78 is 25.6. The molecule has 190 valence electrons. The normalized spacial score (nSPS) is 10.1. The van der Waals surface area contributed by atoms with Crippen molar-refractivity contribution in [2.45, 2.75) is 6.42 Å². The number of benzene rings is 3. The molecule has 3 aromatic carbocycles. The predicted octanol–water partition coefficient (Wildman–Crippen LogP) is 4.88. The summed E-state index contributed by atoms with van der Waals surface area (Å²) >= 11 is 0. The number of hydrogen-bond donors (Lipinski definition) is 0. The summed E-state index contributed by atoms with van der Waals surface area (Å²) in [6.07, 6.45) is 2.67. The van der Waals surface area contributed by atoms with Crippen LogP contribution < -0.4 is 9.47 Å². The molecule has 0 aliphatic rings. The second-order valence-corrected chi connectivity index (χ2v) is 7.49. The fourth-order valence-corrected chi connectivity index (χ4v) is 3.07. The van der Waals surface area contributed by atoms with Crippen LogP contribution in [-0.4, -0.2) is 38.1 Å². The predicted molar refractivity (Wildman–Crippen MR) is 136 cm³/mol. The zero-order valence-corrected chi connectivity index (χ0v) is 20.1. The van der Waals surface area contributed by atoms with Crippen molar-refractivity contribution in [3.63, 3.8) is 0 Å². The van der Waals surface area contributed by atoms with Gasteiger partial charge in [-0.15, -0.1) is 0 Å². The second kappa shape index (κ2) is 13.9. The van der Waals surface area contributed by atoms with Gasteiger partial charge in [0.25, 0.3) is 0 Å². The van der Waals surface area contributed by atoms with E-state index in [0.29, 0.717) is 23.5 Å². The van der Waals surface area contributed by atoms with Crippen LogP contribution in [0.5, 0.6) is 11.5 Å². The number of carbonyl (C=O) groups is 3. The molecule has 0 aliphatic carbocycles. The molecule has 0 bridgehead atoms. The number of hydrogen-bond acceptors (Lipinski definition) is 8. The Morgan fingerprint density at radius 2 is 1.08 bits per heavy atom. The third kappa shape index (κ3) is 8.70. The molecule has 0 radical (unpaired) electrons. The number of carbonyl (C=O) groups excluding carboxylic acids is 3. The Kier molecular flexibility index (Phi) is 10.0.